The Bertz CT molecular complexity index is 387. The van der Waals surface area contributed by atoms with E-state index in [0.29, 0.717) is 11.7 Å². The van der Waals surface area contributed by atoms with Crippen LogP contribution in [0.25, 0.3) is 0 Å². The van der Waals surface area contributed by atoms with Gasteiger partial charge in [0.05, 0.1) is 6.54 Å². The van der Waals surface area contributed by atoms with E-state index in [4.69, 9.17) is 11.6 Å². The molecule has 1 amide bonds. The number of hydrogen-bond donors (Lipinski definition) is 2. The highest BCUT2D eigenvalue weighted by atomic mass is 35.5. The zero-order chi connectivity index (χ0) is 11.5. The predicted molar refractivity (Wildman–Crippen MR) is 61.1 cm³/mol. The third kappa shape index (κ3) is 3.47. The zero-order valence-electron chi connectivity index (χ0n) is 8.59. The molecule has 1 aromatic carbocycles. The molecule has 0 radical (unpaired) electrons. The fourth-order valence-electron chi connectivity index (χ4n) is 1.36. The second-order valence-corrected chi connectivity index (χ2v) is 4.30. The molecule has 86 valence electrons. The number of rotatable bonds is 4. The summed E-state index contributed by atoms with van der Waals surface area (Å²) < 4.78 is 13.0. The second-order valence-electron chi connectivity index (χ2n) is 3.86. The summed E-state index contributed by atoms with van der Waals surface area (Å²) in [7, 11) is 0. The molecule has 0 unspecified atom stereocenters. The van der Waals surface area contributed by atoms with E-state index in [1.54, 1.807) is 0 Å². The van der Waals surface area contributed by atoms with E-state index in [2.05, 4.69) is 10.6 Å². The van der Waals surface area contributed by atoms with Gasteiger partial charge in [0, 0.05) is 16.8 Å². The van der Waals surface area contributed by atoms with Crippen LogP contribution in [0.5, 0.6) is 0 Å². The summed E-state index contributed by atoms with van der Waals surface area (Å²) in [5.74, 6) is -0.647. The Kier molecular flexibility index (Phi) is 3.41. The molecule has 0 atom stereocenters. The average molecular weight is 243 g/mol. The van der Waals surface area contributed by atoms with Crippen LogP contribution in [0, 0.1) is 5.82 Å². The Morgan fingerprint density at radius 2 is 2.19 bits per heavy atom. The number of benzene rings is 1. The lowest BCUT2D eigenvalue weighted by atomic mass is 10.3. The third-order valence-electron chi connectivity index (χ3n) is 2.27. The highest BCUT2D eigenvalue weighted by Gasteiger charge is 2.21. The Labute approximate surface area is 98.0 Å². The van der Waals surface area contributed by atoms with Crippen molar-refractivity contribution in [3.05, 3.63) is 29.0 Å². The topological polar surface area (TPSA) is 41.1 Å². The molecule has 2 N–H and O–H groups in total. The van der Waals surface area contributed by atoms with Crippen LogP contribution >= 0.6 is 11.6 Å². The van der Waals surface area contributed by atoms with Crippen LogP contribution in [0.1, 0.15) is 12.8 Å². The first-order valence-electron chi connectivity index (χ1n) is 5.13. The van der Waals surface area contributed by atoms with Gasteiger partial charge in [-0.3, -0.25) is 4.79 Å². The minimum atomic E-state index is -0.460. The number of hydrogen-bond acceptors (Lipinski definition) is 2. The Morgan fingerprint density at radius 1 is 1.44 bits per heavy atom. The van der Waals surface area contributed by atoms with E-state index in [-0.39, 0.29) is 17.5 Å². The van der Waals surface area contributed by atoms with Gasteiger partial charge in [-0.05, 0) is 31.0 Å². The first-order chi connectivity index (χ1) is 7.63. The molecule has 1 aliphatic carbocycles. The van der Waals surface area contributed by atoms with Gasteiger partial charge in [0.2, 0.25) is 5.91 Å². The first-order valence-corrected chi connectivity index (χ1v) is 5.50. The van der Waals surface area contributed by atoms with Crippen LogP contribution in [-0.2, 0) is 4.79 Å². The third-order valence-corrected chi connectivity index (χ3v) is 2.49. The van der Waals surface area contributed by atoms with E-state index in [0.717, 1.165) is 12.8 Å². The van der Waals surface area contributed by atoms with Gasteiger partial charge in [-0.15, -0.1) is 0 Å². The molecule has 3 nitrogen and oxygen atoms in total. The van der Waals surface area contributed by atoms with Gasteiger partial charge in [0.1, 0.15) is 5.82 Å². The van der Waals surface area contributed by atoms with Crippen molar-refractivity contribution in [2.75, 3.05) is 11.9 Å². The van der Waals surface area contributed by atoms with E-state index in [1.807, 2.05) is 0 Å². The molecule has 5 heteroatoms. The van der Waals surface area contributed by atoms with Gasteiger partial charge in [-0.2, -0.15) is 0 Å². The summed E-state index contributed by atoms with van der Waals surface area (Å²) in [5.41, 5.74) is 0.382. The Morgan fingerprint density at radius 3 is 2.81 bits per heavy atom. The quantitative estimate of drug-likeness (QED) is 0.850. The van der Waals surface area contributed by atoms with Crippen molar-refractivity contribution >= 4 is 23.2 Å². The predicted octanol–water partition coefficient (Wildman–Crippen LogP) is 2.17. The summed E-state index contributed by atoms with van der Waals surface area (Å²) in [5, 5.41) is 5.92. The number of anilines is 1. The normalized spacial score (nSPS) is 14.9. The van der Waals surface area contributed by atoms with Crippen LogP contribution in [-0.4, -0.2) is 18.5 Å². The number of carbonyl (C=O) groups excluding carboxylic acids is 1. The molecule has 1 saturated carbocycles. The zero-order valence-corrected chi connectivity index (χ0v) is 9.35. The smallest absolute Gasteiger partial charge is 0.238 e. The summed E-state index contributed by atoms with van der Waals surface area (Å²) in [6.45, 7) is 0.249. The van der Waals surface area contributed by atoms with Crippen molar-refractivity contribution in [2.24, 2.45) is 0 Å². The Balaban J connectivity index is 1.88. The molecule has 1 fully saturated rings. The first kappa shape index (κ1) is 11.4. The summed E-state index contributed by atoms with van der Waals surface area (Å²) >= 11 is 5.66. The highest BCUT2D eigenvalue weighted by Crippen LogP contribution is 2.19. The lowest BCUT2D eigenvalue weighted by molar-refractivity contribution is -0.115. The molecular formula is C11H12ClFN2O. The minimum Gasteiger partial charge on any atom is -0.325 e. The molecule has 1 aliphatic rings. The van der Waals surface area contributed by atoms with E-state index in [1.165, 1.54) is 18.2 Å². The monoisotopic (exact) mass is 242 g/mol. The van der Waals surface area contributed by atoms with Crippen molar-refractivity contribution in [1.82, 2.24) is 5.32 Å². The molecule has 1 aromatic rings. The van der Waals surface area contributed by atoms with Gasteiger partial charge in [0.15, 0.2) is 0 Å². The van der Waals surface area contributed by atoms with Crippen LogP contribution in [0.3, 0.4) is 0 Å². The van der Waals surface area contributed by atoms with Crippen molar-refractivity contribution in [3.63, 3.8) is 0 Å². The molecule has 0 bridgehead atoms. The number of nitrogens with one attached hydrogen (secondary N) is 2. The van der Waals surface area contributed by atoms with Gasteiger partial charge in [-0.25, -0.2) is 4.39 Å². The lowest BCUT2D eigenvalue weighted by Gasteiger charge is -2.06. The van der Waals surface area contributed by atoms with Crippen molar-refractivity contribution in [3.8, 4) is 0 Å². The molecular weight excluding hydrogens is 231 g/mol. The fraction of sp³-hybridized carbons (Fsp3) is 0.364. The van der Waals surface area contributed by atoms with Crippen molar-refractivity contribution in [2.45, 2.75) is 18.9 Å². The summed E-state index contributed by atoms with van der Waals surface area (Å²) in [6, 6.07) is 4.42. The van der Waals surface area contributed by atoms with Crippen molar-refractivity contribution < 1.29 is 9.18 Å². The number of amides is 1. The van der Waals surface area contributed by atoms with E-state index < -0.39 is 5.82 Å². The highest BCUT2D eigenvalue weighted by molar-refractivity contribution is 6.30. The van der Waals surface area contributed by atoms with Crippen LogP contribution in [0.4, 0.5) is 10.1 Å². The standard InChI is InChI=1S/C11H12ClFN2O/c12-7-3-8(13)5-10(4-7)15-11(16)6-14-9-1-2-9/h3-5,9,14H,1-2,6H2,(H,15,16). The average Bonchev–Trinajstić information content (AvgIpc) is 2.96. The van der Waals surface area contributed by atoms with Crippen LogP contribution in [0.2, 0.25) is 5.02 Å². The summed E-state index contributed by atoms with van der Waals surface area (Å²) in [6.07, 6.45) is 2.25. The minimum absolute atomic E-state index is 0.187. The number of carbonyl (C=O) groups is 1. The van der Waals surface area contributed by atoms with Gasteiger partial charge < -0.3 is 10.6 Å². The lowest BCUT2D eigenvalue weighted by Crippen LogP contribution is -2.29. The molecule has 2 rings (SSSR count). The van der Waals surface area contributed by atoms with Crippen LogP contribution in [0.15, 0.2) is 18.2 Å². The van der Waals surface area contributed by atoms with Gasteiger partial charge in [0.25, 0.3) is 0 Å². The molecule has 0 saturated heterocycles. The largest absolute Gasteiger partial charge is 0.325 e. The van der Waals surface area contributed by atoms with Gasteiger partial charge >= 0.3 is 0 Å². The molecule has 16 heavy (non-hydrogen) atoms. The SMILES string of the molecule is O=C(CNC1CC1)Nc1cc(F)cc(Cl)c1. The van der Waals surface area contributed by atoms with Crippen LogP contribution < -0.4 is 10.6 Å². The molecule has 0 aromatic heterocycles. The Hall–Kier alpha value is -1.13. The fourth-order valence-corrected chi connectivity index (χ4v) is 1.58. The molecule has 0 heterocycles. The second kappa shape index (κ2) is 4.80. The summed E-state index contributed by atoms with van der Waals surface area (Å²) in [4.78, 5) is 11.4. The number of halogens is 2. The maximum absolute atomic E-state index is 13.0. The van der Waals surface area contributed by atoms with Gasteiger partial charge in [-0.1, -0.05) is 11.6 Å². The van der Waals surface area contributed by atoms with E-state index in [9.17, 15) is 9.18 Å². The maximum Gasteiger partial charge on any atom is 0.238 e. The molecule has 0 aliphatic heterocycles. The molecule has 0 spiro atoms. The maximum atomic E-state index is 13.0. The van der Waals surface area contributed by atoms with Crippen molar-refractivity contribution in [1.29, 1.82) is 0 Å². The van der Waals surface area contributed by atoms with E-state index >= 15 is 0 Å².